The third-order valence-electron chi connectivity index (χ3n) is 2.05. The van der Waals surface area contributed by atoms with Crippen LogP contribution in [0, 0.1) is 0 Å². The van der Waals surface area contributed by atoms with Crippen molar-refractivity contribution in [2.24, 2.45) is 0 Å². The molecule has 0 amide bonds. The first-order valence-corrected chi connectivity index (χ1v) is 10.7. The Kier molecular flexibility index (Phi) is 2.28. The molecule has 0 saturated carbocycles. The second kappa shape index (κ2) is 2.67. The summed E-state index contributed by atoms with van der Waals surface area (Å²) in [5, 5.41) is 3.80. The molecule has 1 aliphatic rings. The van der Waals surface area contributed by atoms with E-state index in [1.165, 1.54) is 21.3 Å². The summed E-state index contributed by atoms with van der Waals surface area (Å²) in [5.74, 6) is 0. The monoisotopic (exact) mass is 206 g/mol. The molecule has 0 spiro atoms. The van der Waals surface area contributed by atoms with Crippen LogP contribution >= 0.6 is 10.0 Å². The van der Waals surface area contributed by atoms with E-state index in [0.717, 1.165) is 0 Å². The van der Waals surface area contributed by atoms with Crippen molar-refractivity contribution in [1.82, 2.24) is 0 Å². The maximum atomic E-state index is 6.39. The predicted molar refractivity (Wildman–Crippen MR) is 45.5 cm³/mol. The van der Waals surface area contributed by atoms with Crippen LogP contribution in [0.15, 0.2) is 11.6 Å². The Bertz CT molecular complexity index is 142. The van der Waals surface area contributed by atoms with Crippen LogP contribution in [0.1, 0.15) is 13.8 Å². The molecule has 1 unspecified atom stereocenters. The fraction of sp³-hybridized carbons (Fsp3) is 0.714. The molecule has 0 aromatic carbocycles. The van der Waals surface area contributed by atoms with Gasteiger partial charge in [-0.1, -0.05) is 0 Å². The Balaban J connectivity index is 2.53. The van der Waals surface area contributed by atoms with Crippen LogP contribution in [-0.2, 0) is 0 Å². The molecule has 1 rings (SSSR count). The van der Waals surface area contributed by atoms with Gasteiger partial charge in [-0.2, -0.15) is 0 Å². The molecule has 2 heteroatoms. The predicted octanol–water partition coefficient (Wildman–Crippen LogP) is 3.15. The minimum absolute atomic E-state index is 1.25. The fourth-order valence-corrected chi connectivity index (χ4v) is 8.10. The Hall–Kier alpha value is 0.573. The zero-order valence-corrected chi connectivity index (χ0v) is 8.93. The molecule has 0 fully saturated rings. The van der Waals surface area contributed by atoms with Gasteiger partial charge in [-0.05, 0) is 0 Å². The molecule has 0 radical (unpaired) electrons. The quantitative estimate of drug-likeness (QED) is 0.455. The van der Waals surface area contributed by atoms with E-state index in [1.807, 2.05) is 0 Å². The van der Waals surface area contributed by atoms with E-state index < -0.39 is 12.3 Å². The number of hydrogen-bond donors (Lipinski definition) is 0. The molecule has 9 heavy (non-hydrogen) atoms. The molecule has 0 aliphatic carbocycles. The van der Waals surface area contributed by atoms with Gasteiger partial charge in [0.1, 0.15) is 0 Å². The summed E-state index contributed by atoms with van der Waals surface area (Å²) in [6.07, 6.45) is 2.33. The van der Waals surface area contributed by atoms with E-state index >= 15 is 0 Å². The second-order valence-electron chi connectivity index (χ2n) is 2.94. The van der Waals surface area contributed by atoms with Gasteiger partial charge < -0.3 is 0 Å². The van der Waals surface area contributed by atoms with Crippen molar-refractivity contribution >= 4 is 22.3 Å². The molecular formula is C7H13ClGe. The molecule has 0 saturated heterocycles. The first-order chi connectivity index (χ1) is 4.16. The van der Waals surface area contributed by atoms with Crippen LogP contribution in [0.4, 0.5) is 0 Å². The Morgan fingerprint density at radius 1 is 1.78 bits per heavy atom. The average molecular weight is 205 g/mol. The molecule has 0 aromatic rings. The third-order valence-corrected chi connectivity index (χ3v) is 12.1. The van der Waals surface area contributed by atoms with Crippen LogP contribution in [0.2, 0.25) is 15.8 Å². The maximum absolute atomic E-state index is 6.39. The number of rotatable bonds is 1. The SMILES string of the molecule is C[CH2][Ge]1([Cl])[CH2]C=C(C)[CH2]1. The van der Waals surface area contributed by atoms with Crippen molar-refractivity contribution in [3.05, 3.63) is 11.6 Å². The van der Waals surface area contributed by atoms with Crippen LogP contribution in [0.25, 0.3) is 0 Å². The number of halogens is 1. The second-order valence-corrected chi connectivity index (χ2v) is 15.0. The van der Waals surface area contributed by atoms with Crippen LogP contribution in [0.5, 0.6) is 0 Å². The van der Waals surface area contributed by atoms with E-state index in [1.54, 1.807) is 0 Å². The first-order valence-electron chi connectivity index (χ1n) is 3.51. The van der Waals surface area contributed by atoms with Crippen LogP contribution in [0.3, 0.4) is 0 Å². The van der Waals surface area contributed by atoms with Crippen molar-refractivity contribution < 1.29 is 0 Å². The molecule has 0 nitrogen and oxygen atoms in total. The van der Waals surface area contributed by atoms with Crippen LogP contribution in [-0.4, -0.2) is 12.3 Å². The zero-order valence-electron chi connectivity index (χ0n) is 6.08. The van der Waals surface area contributed by atoms with Crippen LogP contribution < -0.4 is 0 Å². The summed E-state index contributed by atoms with van der Waals surface area (Å²) < 4.78 is 0. The summed E-state index contributed by atoms with van der Waals surface area (Å²) in [5.41, 5.74) is 1.53. The first kappa shape index (κ1) is 7.68. The van der Waals surface area contributed by atoms with Gasteiger partial charge in [0.15, 0.2) is 0 Å². The van der Waals surface area contributed by atoms with Gasteiger partial charge in [0.2, 0.25) is 0 Å². The van der Waals surface area contributed by atoms with E-state index in [4.69, 9.17) is 10.0 Å². The topological polar surface area (TPSA) is 0 Å². The molecule has 0 bridgehead atoms. The van der Waals surface area contributed by atoms with Gasteiger partial charge in [0.05, 0.1) is 0 Å². The third kappa shape index (κ3) is 1.74. The summed E-state index contributed by atoms with van der Waals surface area (Å²) >= 11 is -1.71. The van der Waals surface area contributed by atoms with E-state index in [0.29, 0.717) is 0 Å². The van der Waals surface area contributed by atoms with Gasteiger partial charge in [-0.15, -0.1) is 0 Å². The Morgan fingerprint density at radius 2 is 2.44 bits per heavy atom. The Labute approximate surface area is 63.8 Å². The molecular weight excluding hydrogens is 192 g/mol. The molecule has 1 atom stereocenters. The number of allylic oxidation sites excluding steroid dienone is 2. The van der Waals surface area contributed by atoms with Gasteiger partial charge in [0.25, 0.3) is 0 Å². The molecule has 0 N–H and O–H groups in total. The summed E-state index contributed by atoms with van der Waals surface area (Å²) in [6.45, 7) is 4.44. The average Bonchev–Trinajstić information content (AvgIpc) is 2.13. The van der Waals surface area contributed by atoms with Gasteiger partial charge in [0, 0.05) is 0 Å². The number of hydrogen-bond acceptors (Lipinski definition) is 0. The van der Waals surface area contributed by atoms with E-state index in [9.17, 15) is 0 Å². The molecule has 52 valence electrons. The molecule has 1 aliphatic heterocycles. The normalized spacial score (nSPS) is 34.8. The van der Waals surface area contributed by atoms with Crippen molar-refractivity contribution in [2.45, 2.75) is 29.6 Å². The molecule has 1 heterocycles. The standard InChI is InChI=1S/C7H13ClGe/c1-3-9(8)5-4-7(2)6-9/h4H,3,5-6H2,1-2H3. The van der Waals surface area contributed by atoms with Gasteiger partial charge in [-0.25, -0.2) is 0 Å². The summed E-state index contributed by atoms with van der Waals surface area (Å²) in [7, 11) is 6.39. The Morgan fingerprint density at radius 3 is 2.67 bits per heavy atom. The fourth-order valence-electron chi connectivity index (χ4n) is 1.27. The summed E-state index contributed by atoms with van der Waals surface area (Å²) in [4.78, 5) is 0. The van der Waals surface area contributed by atoms with Gasteiger partial charge >= 0.3 is 63.6 Å². The minimum atomic E-state index is -1.71. The van der Waals surface area contributed by atoms with Crippen molar-refractivity contribution in [3.8, 4) is 0 Å². The zero-order chi connectivity index (χ0) is 6.91. The summed E-state index contributed by atoms with van der Waals surface area (Å²) in [6, 6.07) is 0. The van der Waals surface area contributed by atoms with Gasteiger partial charge in [-0.3, -0.25) is 0 Å². The van der Waals surface area contributed by atoms with E-state index in [-0.39, 0.29) is 0 Å². The van der Waals surface area contributed by atoms with Crippen molar-refractivity contribution in [1.29, 1.82) is 0 Å². The van der Waals surface area contributed by atoms with Crippen molar-refractivity contribution in [2.75, 3.05) is 0 Å². The molecule has 0 aromatic heterocycles. The van der Waals surface area contributed by atoms with E-state index in [2.05, 4.69) is 19.9 Å². The van der Waals surface area contributed by atoms with Crippen molar-refractivity contribution in [3.63, 3.8) is 0 Å².